The molecule has 2 rings (SSSR count). The molecular formula is C14H26N4O2. The molecule has 1 unspecified atom stereocenters. The van der Waals surface area contributed by atoms with E-state index in [4.69, 9.17) is 0 Å². The maximum Gasteiger partial charge on any atom is 0.239 e. The third-order valence-electron chi connectivity index (χ3n) is 4.00. The molecule has 114 valence electrons. The van der Waals surface area contributed by atoms with Crippen molar-refractivity contribution in [3.05, 3.63) is 0 Å². The number of rotatable bonds is 3. The molecule has 0 aromatic rings. The molecule has 6 nitrogen and oxygen atoms in total. The van der Waals surface area contributed by atoms with E-state index in [9.17, 15) is 9.59 Å². The van der Waals surface area contributed by atoms with Crippen LogP contribution >= 0.6 is 0 Å². The Labute approximate surface area is 121 Å². The Bertz CT molecular complexity index is 345. The molecule has 1 atom stereocenters. The number of piperazine rings is 1. The average molecular weight is 282 g/mol. The summed E-state index contributed by atoms with van der Waals surface area (Å²) in [5, 5.41) is 3.30. The van der Waals surface area contributed by atoms with Gasteiger partial charge in [-0.15, -0.1) is 0 Å². The van der Waals surface area contributed by atoms with Gasteiger partial charge in [-0.2, -0.15) is 0 Å². The SMILES string of the molecule is CN(C)CC(=O)N1CCN(C(=O)C2CCCCN2)CC1. The van der Waals surface area contributed by atoms with E-state index in [1.54, 1.807) is 0 Å². The molecular weight excluding hydrogens is 256 g/mol. The monoisotopic (exact) mass is 282 g/mol. The quantitative estimate of drug-likeness (QED) is 0.748. The van der Waals surface area contributed by atoms with Crippen molar-refractivity contribution in [3.63, 3.8) is 0 Å². The van der Waals surface area contributed by atoms with Crippen molar-refractivity contribution >= 4 is 11.8 Å². The van der Waals surface area contributed by atoms with Gasteiger partial charge < -0.3 is 20.0 Å². The maximum atomic E-state index is 12.4. The first-order valence-electron chi connectivity index (χ1n) is 7.52. The molecule has 2 aliphatic heterocycles. The average Bonchev–Trinajstić information content (AvgIpc) is 2.47. The lowest BCUT2D eigenvalue weighted by Crippen LogP contribution is -2.56. The molecule has 2 amide bonds. The second-order valence-electron chi connectivity index (χ2n) is 5.95. The standard InChI is InChI=1S/C14H26N4O2/c1-16(2)11-13(19)17-7-9-18(10-8-17)14(20)12-5-3-4-6-15-12/h12,15H,3-11H2,1-2H3. The van der Waals surface area contributed by atoms with Crippen LogP contribution in [0.1, 0.15) is 19.3 Å². The van der Waals surface area contributed by atoms with Crippen molar-refractivity contribution in [3.8, 4) is 0 Å². The number of nitrogens with zero attached hydrogens (tertiary/aromatic N) is 3. The molecule has 0 saturated carbocycles. The fraction of sp³-hybridized carbons (Fsp3) is 0.857. The van der Waals surface area contributed by atoms with Gasteiger partial charge in [0.15, 0.2) is 0 Å². The van der Waals surface area contributed by atoms with E-state index in [0.29, 0.717) is 32.7 Å². The number of carbonyl (C=O) groups excluding carboxylic acids is 2. The number of likely N-dealkylation sites (N-methyl/N-ethyl adjacent to an activating group) is 1. The van der Waals surface area contributed by atoms with Gasteiger partial charge in [-0.1, -0.05) is 6.42 Å². The van der Waals surface area contributed by atoms with Crippen molar-refractivity contribution in [2.45, 2.75) is 25.3 Å². The molecule has 0 radical (unpaired) electrons. The number of amides is 2. The van der Waals surface area contributed by atoms with Gasteiger partial charge in [0.25, 0.3) is 0 Å². The van der Waals surface area contributed by atoms with E-state index in [-0.39, 0.29) is 17.9 Å². The summed E-state index contributed by atoms with van der Waals surface area (Å²) in [5.41, 5.74) is 0. The lowest BCUT2D eigenvalue weighted by Gasteiger charge is -2.37. The van der Waals surface area contributed by atoms with Gasteiger partial charge in [-0.3, -0.25) is 9.59 Å². The normalized spacial score (nSPS) is 24.1. The highest BCUT2D eigenvalue weighted by Gasteiger charge is 2.29. The molecule has 0 aliphatic carbocycles. The number of hydrogen-bond donors (Lipinski definition) is 1. The summed E-state index contributed by atoms with van der Waals surface area (Å²) in [6.45, 7) is 4.03. The Hall–Kier alpha value is -1.14. The highest BCUT2D eigenvalue weighted by molar-refractivity contribution is 5.83. The Morgan fingerprint density at radius 2 is 1.75 bits per heavy atom. The summed E-state index contributed by atoms with van der Waals surface area (Å²) in [6.07, 6.45) is 3.24. The van der Waals surface area contributed by atoms with Crippen LogP contribution < -0.4 is 5.32 Å². The lowest BCUT2D eigenvalue weighted by molar-refractivity contribution is -0.141. The summed E-state index contributed by atoms with van der Waals surface area (Å²) >= 11 is 0. The van der Waals surface area contributed by atoms with Gasteiger partial charge in [0.05, 0.1) is 12.6 Å². The molecule has 0 bridgehead atoms. The van der Waals surface area contributed by atoms with Crippen molar-refractivity contribution < 1.29 is 9.59 Å². The third kappa shape index (κ3) is 3.93. The minimum atomic E-state index is -0.00669. The zero-order chi connectivity index (χ0) is 14.5. The number of nitrogens with one attached hydrogen (secondary N) is 1. The van der Waals surface area contributed by atoms with Gasteiger partial charge in [0.2, 0.25) is 11.8 Å². The van der Waals surface area contributed by atoms with Crippen LogP contribution in [-0.2, 0) is 9.59 Å². The topological polar surface area (TPSA) is 55.9 Å². The number of piperidine rings is 1. The van der Waals surface area contributed by atoms with Gasteiger partial charge in [0.1, 0.15) is 0 Å². The minimum absolute atomic E-state index is 0.00669. The molecule has 1 N–H and O–H groups in total. The summed E-state index contributed by atoms with van der Waals surface area (Å²) < 4.78 is 0. The predicted octanol–water partition coefficient (Wildman–Crippen LogP) is -0.639. The zero-order valence-corrected chi connectivity index (χ0v) is 12.6. The Kier molecular flexibility index (Phi) is 5.37. The van der Waals surface area contributed by atoms with E-state index in [1.807, 2.05) is 28.8 Å². The first-order valence-corrected chi connectivity index (χ1v) is 7.52. The molecule has 0 aromatic heterocycles. The molecule has 2 aliphatic rings. The molecule has 0 aromatic carbocycles. The van der Waals surface area contributed by atoms with Crippen molar-refractivity contribution in [2.75, 3.05) is 53.4 Å². The van der Waals surface area contributed by atoms with Crippen LogP contribution in [0.2, 0.25) is 0 Å². The van der Waals surface area contributed by atoms with E-state index < -0.39 is 0 Å². The zero-order valence-electron chi connectivity index (χ0n) is 12.6. The maximum absolute atomic E-state index is 12.4. The summed E-state index contributed by atoms with van der Waals surface area (Å²) in [4.78, 5) is 30.0. The predicted molar refractivity (Wildman–Crippen MR) is 77.4 cm³/mol. The molecule has 2 fully saturated rings. The first-order chi connectivity index (χ1) is 9.58. The van der Waals surface area contributed by atoms with Crippen LogP contribution in [0.5, 0.6) is 0 Å². The first kappa shape index (κ1) is 15.3. The Morgan fingerprint density at radius 1 is 1.10 bits per heavy atom. The van der Waals surface area contributed by atoms with Crippen molar-refractivity contribution in [2.24, 2.45) is 0 Å². The van der Waals surface area contributed by atoms with Crippen LogP contribution in [0.15, 0.2) is 0 Å². The fourth-order valence-corrected chi connectivity index (χ4v) is 2.83. The molecule has 20 heavy (non-hydrogen) atoms. The van der Waals surface area contributed by atoms with Gasteiger partial charge >= 0.3 is 0 Å². The van der Waals surface area contributed by atoms with Gasteiger partial charge in [-0.25, -0.2) is 0 Å². The summed E-state index contributed by atoms with van der Waals surface area (Å²) in [5.74, 6) is 0.363. The van der Waals surface area contributed by atoms with E-state index in [0.717, 1.165) is 25.8 Å². The molecule has 2 saturated heterocycles. The largest absolute Gasteiger partial charge is 0.338 e. The lowest BCUT2D eigenvalue weighted by atomic mass is 10.0. The van der Waals surface area contributed by atoms with Crippen molar-refractivity contribution in [1.29, 1.82) is 0 Å². The van der Waals surface area contributed by atoms with E-state index >= 15 is 0 Å². The van der Waals surface area contributed by atoms with Crippen LogP contribution in [0.3, 0.4) is 0 Å². The van der Waals surface area contributed by atoms with Gasteiger partial charge in [-0.05, 0) is 33.5 Å². The smallest absolute Gasteiger partial charge is 0.239 e. The van der Waals surface area contributed by atoms with Crippen molar-refractivity contribution in [1.82, 2.24) is 20.0 Å². The number of carbonyl (C=O) groups is 2. The molecule has 6 heteroatoms. The Morgan fingerprint density at radius 3 is 2.30 bits per heavy atom. The van der Waals surface area contributed by atoms with Gasteiger partial charge in [0, 0.05) is 26.2 Å². The van der Waals surface area contributed by atoms with Crippen LogP contribution in [0, 0.1) is 0 Å². The van der Waals surface area contributed by atoms with E-state index in [1.165, 1.54) is 0 Å². The highest BCUT2D eigenvalue weighted by atomic mass is 16.2. The molecule has 2 heterocycles. The molecule has 0 spiro atoms. The summed E-state index contributed by atoms with van der Waals surface area (Å²) in [7, 11) is 3.79. The van der Waals surface area contributed by atoms with Crippen LogP contribution in [0.25, 0.3) is 0 Å². The Balaban J connectivity index is 1.78. The highest BCUT2D eigenvalue weighted by Crippen LogP contribution is 2.12. The second-order valence-corrected chi connectivity index (χ2v) is 5.95. The fourth-order valence-electron chi connectivity index (χ4n) is 2.83. The number of hydrogen-bond acceptors (Lipinski definition) is 4. The third-order valence-corrected chi connectivity index (χ3v) is 4.00. The van der Waals surface area contributed by atoms with Crippen LogP contribution in [0.4, 0.5) is 0 Å². The summed E-state index contributed by atoms with van der Waals surface area (Å²) in [6, 6.07) is -0.00669. The van der Waals surface area contributed by atoms with Crippen LogP contribution in [-0.4, -0.2) is 85.9 Å². The second kappa shape index (κ2) is 7.04. The van der Waals surface area contributed by atoms with E-state index in [2.05, 4.69) is 5.32 Å². The minimum Gasteiger partial charge on any atom is -0.338 e.